The zero-order chi connectivity index (χ0) is 17.4. The minimum absolute atomic E-state index is 0.517. The first-order valence-corrected chi connectivity index (χ1v) is 8.80. The van der Waals surface area contributed by atoms with Crippen LogP contribution in [-0.4, -0.2) is 44.9 Å². The third kappa shape index (κ3) is 5.53. The maximum atomic E-state index is 5.81. The van der Waals surface area contributed by atoms with Crippen molar-refractivity contribution in [1.29, 1.82) is 0 Å². The Balaban J connectivity index is 2.03. The Labute approximate surface area is 146 Å². The number of nitrogens with zero attached hydrogens (tertiary/aromatic N) is 1. The Hall–Kier alpha value is -1.52. The van der Waals surface area contributed by atoms with Gasteiger partial charge in [-0.15, -0.1) is 0 Å². The van der Waals surface area contributed by atoms with Gasteiger partial charge in [0.2, 0.25) is 0 Å². The van der Waals surface area contributed by atoms with E-state index in [9.17, 15) is 0 Å². The Morgan fingerprint density at radius 1 is 1.21 bits per heavy atom. The lowest BCUT2D eigenvalue weighted by atomic mass is 10.0. The number of benzene rings is 1. The maximum absolute atomic E-state index is 5.81. The Morgan fingerprint density at radius 3 is 2.75 bits per heavy atom. The average molecular weight is 333 g/mol. The van der Waals surface area contributed by atoms with Gasteiger partial charge >= 0.3 is 0 Å². The minimum Gasteiger partial charge on any atom is -0.493 e. The zero-order valence-electron chi connectivity index (χ0n) is 15.5. The lowest BCUT2D eigenvalue weighted by molar-refractivity contribution is 0.0600. The highest BCUT2D eigenvalue weighted by molar-refractivity contribution is 5.43. The second kappa shape index (κ2) is 9.70. The van der Waals surface area contributed by atoms with Crippen molar-refractivity contribution in [1.82, 2.24) is 4.90 Å². The molecule has 1 fully saturated rings. The maximum Gasteiger partial charge on any atom is 0.161 e. The monoisotopic (exact) mass is 333 g/mol. The van der Waals surface area contributed by atoms with Crippen LogP contribution in [0.2, 0.25) is 0 Å². The molecule has 1 aliphatic heterocycles. The van der Waals surface area contributed by atoms with Crippen molar-refractivity contribution < 1.29 is 14.2 Å². The van der Waals surface area contributed by atoms with Crippen LogP contribution in [0.3, 0.4) is 0 Å². The van der Waals surface area contributed by atoms with Gasteiger partial charge in [-0.05, 0) is 57.0 Å². The van der Waals surface area contributed by atoms with E-state index < -0.39 is 0 Å². The predicted molar refractivity (Wildman–Crippen MR) is 97.8 cm³/mol. The molecular weight excluding hydrogens is 302 g/mol. The fourth-order valence-electron chi connectivity index (χ4n) is 3.11. The van der Waals surface area contributed by atoms with Crippen molar-refractivity contribution in [2.45, 2.75) is 45.7 Å². The van der Waals surface area contributed by atoms with Crippen molar-refractivity contribution in [3.05, 3.63) is 35.4 Å². The van der Waals surface area contributed by atoms with Gasteiger partial charge in [0.1, 0.15) is 6.61 Å². The molecule has 0 amide bonds. The second-order valence-corrected chi connectivity index (χ2v) is 6.65. The first-order chi connectivity index (χ1) is 11.6. The van der Waals surface area contributed by atoms with Gasteiger partial charge in [0, 0.05) is 19.7 Å². The summed E-state index contributed by atoms with van der Waals surface area (Å²) in [4.78, 5) is 2.52. The van der Waals surface area contributed by atoms with E-state index in [1.807, 2.05) is 6.07 Å². The summed E-state index contributed by atoms with van der Waals surface area (Å²) in [5.74, 6) is 1.60. The molecule has 2 rings (SSSR count). The Morgan fingerprint density at radius 2 is 2.04 bits per heavy atom. The molecule has 1 aliphatic rings. The molecule has 0 radical (unpaired) electrons. The van der Waals surface area contributed by atoms with E-state index in [0.29, 0.717) is 12.6 Å². The van der Waals surface area contributed by atoms with E-state index >= 15 is 0 Å². The first-order valence-electron chi connectivity index (χ1n) is 8.80. The average Bonchev–Trinajstić information content (AvgIpc) is 2.57. The van der Waals surface area contributed by atoms with E-state index in [-0.39, 0.29) is 0 Å². The molecule has 0 spiro atoms. The summed E-state index contributed by atoms with van der Waals surface area (Å²) in [7, 11) is 3.48. The fourth-order valence-corrected chi connectivity index (χ4v) is 3.11. The minimum atomic E-state index is 0.517. The number of piperidine rings is 1. The van der Waals surface area contributed by atoms with Crippen LogP contribution in [0.1, 0.15) is 38.7 Å². The molecule has 0 saturated carbocycles. The number of rotatable bonds is 8. The van der Waals surface area contributed by atoms with Crippen LogP contribution >= 0.6 is 0 Å². The molecule has 0 bridgehead atoms. The highest BCUT2D eigenvalue weighted by Gasteiger charge is 2.22. The smallest absolute Gasteiger partial charge is 0.161 e. The molecule has 24 heavy (non-hydrogen) atoms. The summed E-state index contributed by atoms with van der Waals surface area (Å²) in [5.41, 5.74) is 2.50. The molecule has 1 saturated heterocycles. The molecule has 1 aromatic carbocycles. The predicted octanol–water partition coefficient (Wildman–Crippen LogP) is 4.04. The van der Waals surface area contributed by atoms with Crippen molar-refractivity contribution in [2.75, 3.05) is 34.0 Å². The van der Waals surface area contributed by atoms with E-state index in [1.54, 1.807) is 14.2 Å². The third-order valence-electron chi connectivity index (χ3n) is 4.45. The summed E-state index contributed by atoms with van der Waals surface area (Å²) in [6, 6.07) is 6.76. The molecule has 1 aromatic rings. The molecule has 0 unspecified atom stereocenters. The van der Waals surface area contributed by atoms with E-state index in [1.165, 1.54) is 30.4 Å². The Bertz CT molecular complexity index is 536. The van der Waals surface area contributed by atoms with Crippen molar-refractivity contribution in [3.8, 4) is 11.5 Å². The molecule has 1 atom stereocenters. The molecular formula is C20H31NO3. The third-order valence-corrected chi connectivity index (χ3v) is 4.45. The standard InChI is InChI=1S/C20H31NO3/c1-16(2)10-12-24-19-9-8-17(13-20(19)23-4)14-21-11-6-5-7-18(21)15-22-3/h8-10,13,18H,5-7,11-12,14-15H2,1-4H3/t18-/m1/s1. The lowest BCUT2D eigenvalue weighted by Gasteiger charge is -2.35. The summed E-state index contributed by atoms with van der Waals surface area (Å²) >= 11 is 0. The number of hydrogen-bond acceptors (Lipinski definition) is 4. The molecule has 4 heteroatoms. The summed E-state index contributed by atoms with van der Waals surface area (Å²) in [5, 5.41) is 0. The van der Waals surface area contributed by atoms with Crippen LogP contribution in [0.25, 0.3) is 0 Å². The highest BCUT2D eigenvalue weighted by atomic mass is 16.5. The second-order valence-electron chi connectivity index (χ2n) is 6.65. The number of hydrogen-bond donors (Lipinski definition) is 0. The summed E-state index contributed by atoms with van der Waals surface area (Å²) in [6.07, 6.45) is 5.84. The van der Waals surface area contributed by atoms with Gasteiger partial charge in [-0.3, -0.25) is 4.90 Å². The van der Waals surface area contributed by atoms with Crippen LogP contribution in [0.5, 0.6) is 11.5 Å². The Kier molecular flexibility index (Phi) is 7.60. The topological polar surface area (TPSA) is 30.9 Å². The molecule has 0 aromatic heterocycles. The van der Waals surface area contributed by atoms with Gasteiger partial charge in [-0.2, -0.15) is 0 Å². The van der Waals surface area contributed by atoms with Gasteiger partial charge in [0.25, 0.3) is 0 Å². The molecule has 1 heterocycles. The number of methoxy groups -OCH3 is 2. The SMILES string of the molecule is COC[C@H]1CCCCN1Cc1ccc(OCC=C(C)C)c(OC)c1. The molecule has 0 N–H and O–H groups in total. The van der Waals surface area contributed by atoms with Crippen LogP contribution < -0.4 is 9.47 Å². The summed E-state index contributed by atoms with van der Waals surface area (Å²) < 4.78 is 16.7. The highest BCUT2D eigenvalue weighted by Crippen LogP contribution is 2.29. The molecule has 0 aliphatic carbocycles. The van der Waals surface area contributed by atoms with E-state index in [0.717, 1.165) is 31.2 Å². The molecule has 4 nitrogen and oxygen atoms in total. The van der Waals surface area contributed by atoms with Crippen molar-refractivity contribution in [3.63, 3.8) is 0 Å². The van der Waals surface area contributed by atoms with E-state index in [2.05, 4.69) is 37.0 Å². The first kappa shape index (κ1) is 18.8. The van der Waals surface area contributed by atoms with Gasteiger partial charge in [-0.25, -0.2) is 0 Å². The molecule has 134 valence electrons. The van der Waals surface area contributed by atoms with Gasteiger partial charge in [-0.1, -0.05) is 18.1 Å². The van der Waals surface area contributed by atoms with Gasteiger partial charge in [0.05, 0.1) is 13.7 Å². The van der Waals surface area contributed by atoms with Crippen molar-refractivity contribution in [2.24, 2.45) is 0 Å². The van der Waals surface area contributed by atoms with Crippen LogP contribution in [0, 0.1) is 0 Å². The largest absolute Gasteiger partial charge is 0.493 e. The number of likely N-dealkylation sites (tertiary alicyclic amines) is 1. The summed E-state index contributed by atoms with van der Waals surface area (Å²) in [6.45, 7) is 7.58. The number of ether oxygens (including phenoxy) is 3. The lowest BCUT2D eigenvalue weighted by Crippen LogP contribution is -2.41. The van der Waals surface area contributed by atoms with Gasteiger partial charge in [0.15, 0.2) is 11.5 Å². The van der Waals surface area contributed by atoms with Crippen LogP contribution in [0.4, 0.5) is 0 Å². The van der Waals surface area contributed by atoms with Crippen molar-refractivity contribution >= 4 is 0 Å². The normalized spacial score (nSPS) is 18.2. The quantitative estimate of drug-likeness (QED) is 0.672. The van der Waals surface area contributed by atoms with Crippen LogP contribution in [0.15, 0.2) is 29.8 Å². The van der Waals surface area contributed by atoms with E-state index in [4.69, 9.17) is 14.2 Å². The fraction of sp³-hybridized carbons (Fsp3) is 0.600. The van der Waals surface area contributed by atoms with Crippen LogP contribution in [-0.2, 0) is 11.3 Å². The zero-order valence-corrected chi connectivity index (χ0v) is 15.5. The van der Waals surface area contributed by atoms with Gasteiger partial charge < -0.3 is 14.2 Å². The number of allylic oxidation sites excluding steroid dienone is 1.